The molecule has 3 aromatic rings. The first-order chi connectivity index (χ1) is 14.7. The third-order valence-corrected chi connectivity index (χ3v) is 5.26. The lowest BCUT2D eigenvalue weighted by Crippen LogP contribution is -2.19. The highest BCUT2D eigenvalue weighted by molar-refractivity contribution is 5.72. The SMILES string of the molecule is COc1cc(-c2cccnc2OC)cc(CN2CCCC2)c1OCc1cc(C)on1. The fraction of sp³-hybridized carbons (Fsp3) is 0.391. The lowest BCUT2D eigenvalue weighted by Gasteiger charge is -2.21. The third kappa shape index (κ3) is 4.41. The van der Waals surface area contributed by atoms with E-state index in [1.165, 1.54) is 12.8 Å². The molecule has 1 aliphatic rings. The normalized spacial score (nSPS) is 14.1. The molecule has 0 spiro atoms. The minimum Gasteiger partial charge on any atom is -0.493 e. The van der Waals surface area contributed by atoms with E-state index >= 15 is 0 Å². The highest BCUT2D eigenvalue weighted by atomic mass is 16.5. The Hall–Kier alpha value is -3.06. The molecule has 0 saturated carbocycles. The summed E-state index contributed by atoms with van der Waals surface area (Å²) in [6, 6.07) is 9.89. The Balaban J connectivity index is 1.72. The highest BCUT2D eigenvalue weighted by Crippen LogP contribution is 2.40. The van der Waals surface area contributed by atoms with Crippen LogP contribution in [0.25, 0.3) is 11.1 Å². The molecule has 0 aliphatic carbocycles. The molecule has 0 bridgehead atoms. The average molecular weight is 409 g/mol. The van der Waals surface area contributed by atoms with Crippen LogP contribution >= 0.6 is 0 Å². The van der Waals surface area contributed by atoms with Gasteiger partial charge in [0.1, 0.15) is 18.1 Å². The number of aryl methyl sites for hydroxylation is 1. The number of rotatable bonds is 8. The van der Waals surface area contributed by atoms with Crippen LogP contribution in [-0.4, -0.2) is 42.3 Å². The molecule has 158 valence electrons. The number of ether oxygens (including phenoxy) is 3. The van der Waals surface area contributed by atoms with Crippen molar-refractivity contribution in [2.45, 2.75) is 32.9 Å². The van der Waals surface area contributed by atoms with Gasteiger partial charge in [-0.05, 0) is 62.7 Å². The molecule has 0 atom stereocenters. The van der Waals surface area contributed by atoms with Gasteiger partial charge in [-0.25, -0.2) is 4.98 Å². The quantitative estimate of drug-likeness (QED) is 0.551. The summed E-state index contributed by atoms with van der Waals surface area (Å²) >= 11 is 0. The van der Waals surface area contributed by atoms with Crippen molar-refractivity contribution in [3.8, 4) is 28.5 Å². The van der Waals surface area contributed by atoms with Crippen molar-refractivity contribution in [3.05, 3.63) is 53.5 Å². The molecule has 0 unspecified atom stereocenters. The number of benzene rings is 1. The smallest absolute Gasteiger partial charge is 0.221 e. The Morgan fingerprint density at radius 2 is 1.93 bits per heavy atom. The topological polar surface area (TPSA) is 69.9 Å². The zero-order chi connectivity index (χ0) is 20.9. The third-order valence-electron chi connectivity index (χ3n) is 5.26. The van der Waals surface area contributed by atoms with Gasteiger partial charge in [0.05, 0.1) is 14.2 Å². The van der Waals surface area contributed by atoms with Crippen molar-refractivity contribution in [1.82, 2.24) is 15.0 Å². The standard InChI is InChI=1S/C23H27N3O4/c1-16-11-19(25-30-16)15-29-22-18(14-26-9-4-5-10-26)12-17(13-21(22)27-2)20-7-6-8-24-23(20)28-3/h6-8,11-13H,4-5,9-10,14-15H2,1-3H3. The number of methoxy groups -OCH3 is 2. The van der Waals surface area contributed by atoms with Crippen molar-refractivity contribution in [2.75, 3.05) is 27.3 Å². The molecule has 1 aliphatic heterocycles. The van der Waals surface area contributed by atoms with E-state index in [-0.39, 0.29) is 0 Å². The van der Waals surface area contributed by atoms with Gasteiger partial charge < -0.3 is 18.7 Å². The molecule has 30 heavy (non-hydrogen) atoms. The van der Waals surface area contributed by atoms with Crippen LogP contribution < -0.4 is 14.2 Å². The summed E-state index contributed by atoms with van der Waals surface area (Å²) in [7, 11) is 3.29. The Morgan fingerprint density at radius 3 is 2.63 bits per heavy atom. The molecular weight excluding hydrogens is 382 g/mol. The molecule has 0 N–H and O–H groups in total. The zero-order valence-corrected chi connectivity index (χ0v) is 17.7. The molecular formula is C23H27N3O4. The van der Waals surface area contributed by atoms with Crippen LogP contribution in [-0.2, 0) is 13.2 Å². The second kappa shape index (κ2) is 9.17. The molecule has 7 nitrogen and oxygen atoms in total. The maximum atomic E-state index is 6.20. The van der Waals surface area contributed by atoms with Crippen LogP contribution in [0.1, 0.15) is 29.9 Å². The molecule has 1 saturated heterocycles. The average Bonchev–Trinajstić information content (AvgIpc) is 3.43. The van der Waals surface area contributed by atoms with Crippen molar-refractivity contribution >= 4 is 0 Å². The van der Waals surface area contributed by atoms with E-state index in [0.29, 0.717) is 18.2 Å². The predicted octanol–water partition coefficient (Wildman–Crippen LogP) is 4.24. The van der Waals surface area contributed by atoms with Gasteiger partial charge in [-0.2, -0.15) is 0 Å². The number of hydrogen-bond acceptors (Lipinski definition) is 7. The number of nitrogens with zero attached hydrogens (tertiary/aromatic N) is 3. The summed E-state index contributed by atoms with van der Waals surface area (Å²) < 4.78 is 22.6. The molecule has 4 rings (SSSR count). The lowest BCUT2D eigenvalue weighted by molar-refractivity contribution is 0.259. The van der Waals surface area contributed by atoms with E-state index in [1.54, 1.807) is 20.4 Å². The fourth-order valence-electron chi connectivity index (χ4n) is 3.84. The van der Waals surface area contributed by atoms with Crippen LogP contribution in [0.3, 0.4) is 0 Å². The fourth-order valence-corrected chi connectivity index (χ4v) is 3.84. The monoisotopic (exact) mass is 409 g/mol. The van der Waals surface area contributed by atoms with Gasteiger partial charge in [-0.3, -0.25) is 4.90 Å². The Morgan fingerprint density at radius 1 is 1.10 bits per heavy atom. The second-order valence-corrected chi connectivity index (χ2v) is 7.43. The van der Waals surface area contributed by atoms with Gasteiger partial charge in [-0.1, -0.05) is 5.16 Å². The Labute approximate surface area is 176 Å². The Kier molecular flexibility index (Phi) is 6.18. The summed E-state index contributed by atoms with van der Waals surface area (Å²) in [5.74, 6) is 2.75. The van der Waals surface area contributed by atoms with Crippen LogP contribution in [0.4, 0.5) is 0 Å². The molecule has 0 radical (unpaired) electrons. The minimum atomic E-state index is 0.316. The maximum absolute atomic E-state index is 6.20. The van der Waals surface area contributed by atoms with Crippen LogP contribution in [0.2, 0.25) is 0 Å². The van der Waals surface area contributed by atoms with Gasteiger partial charge in [0.15, 0.2) is 11.5 Å². The summed E-state index contributed by atoms with van der Waals surface area (Å²) in [6.07, 6.45) is 4.17. The summed E-state index contributed by atoms with van der Waals surface area (Å²) in [5, 5.41) is 4.03. The number of hydrogen-bond donors (Lipinski definition) is 0. The molecule has 2 aromatic heterocycles. The van der Waals surface area contributed by atoms with Crippen LogP contribution in [0, 0.1) is 6.92 Å². The second-order valence-electron chi connectivity index (χ2n) is 7.43. The first kappa shape index (κ1) is 20.2. The van der Waals surface area contributed by atoms with Crippen molar-refractivity contribution < 1.29 is 18.7 Å². The lowest BCUT2D eigenvalue weighted by atomic mass is 10.0. The highest BCUT2D eigenvalue weighted by Gasteiger charge is 2.20. The van der Waals surface area contributed by atoms with Crippen molar-refractivity contribution in [1.29, 1.82) is 0 Å². The number of pyridine rings is 1. The van der Waals surface area contributed by atoms with Crippen molar-refractivity contribution in [2.24, 2.45) is 0 Å². The summed E-state index contributed by atoms with van der Waals surface area (Å²) in [4.78, 5) is 6.78. The minimum absolute atomic E-state index is 0.316. The first-order valence-electron chi connectivity index (χ1n) is 10.2. The summed E-state index contributed by atoms with van der Waals surface area (Å²) in [5.41, 5.74) is 3.72. The molecule has 7 heteroatoms. The van der Waals surface area contributed by atoms with E-state index < -0.39 is 0 Å². The zero-order valence-electron chi connectivity index (χ0n) is 17.7. The molecule has 1 fully saturated rings. The molecule has 3 heterocycles. The largest absolute Gasteiger partial charge is 0.493 e. The van der Waals surface area contributed by atoms with E-state index in [1.807, 2.05) is 31.2 Å². The number of likely N-dealkylation sites (tertiary alicyclic amines) is 1. The predicted molar refractivity (Wildman–Crippen MR) is 113 cm³/mol. The van der Waals surface area contributed by atoms with E-state index in [4.69, 9.17) is 18.7 Å². The van der Waals surface area contributed by atoms with Crippen molar-refractivity contribution in [3.63, 3.8) is 0 Å². The molecule has 1 aromatic carbocycles. The van der Waals surface area contributed by atoms with E-state index in [2.05, 4.69) is 21.1 Å². The first-order valence-corrected chi connectivity index (χ1v) is 10.2. The maximum Gasteiger partial charge on any atom is 0.221 e. The van der Waals surface area contributed by atoms with E-state index in [9.17, 15) is 0 Å². The van der Waals surface area contributed by atoms with Crippen LogP contribution in [0.15, 0.2) is 41.1 Å². The van der Waals surface area contributed by atoms with Gasteiger partial charge in [-0.15, -0.1) is 0 Å². The van der Waals surface area contributed by atoms with Crippen LogP contribution in [0.5, 0.6) is 17.4 Å². The number of aromatic nitrogens is 2. The van der Waals surface area contributed by atoms with Gasteiger partial charge >= 0.3 is 0 Å². The van der Waals surface area contributed by atoms with Gasteiger partial charge in [0, 0.05) is 29.9 Å². The Bertz CT molecular complexity index is 996. The van der Waals surface area contributed by atoms with E-state index in [0.717, 1.165) is 53.5 Å². The summed E-state index contributed by atoms with van der Waals surface area (Å²) in [6.45, 7) is 5.15. The van der Waals surface area contributed by atoms with Gasteiger partial charge in [0.2, 0.25) is 5.88 Å². The van der Waals surface area contributed by atoms with Gasteiger partial charge in [0.25, 0.3) is 0 Å². The molecule has 0 amide bonds.